The molecule has 2 aromatic rings. The molecular weight excluding hydrogens is 326 g/mol. The summed E-state index contributed by atoms with van der Waals surface area (Å²) in [4.78, 5) is 16.6. The minimum Gasteiger partial charge on any atom is -0.459 e. The SMILES string of the molecule is O=C(OCc1ccccc1)[C@@H]1CSC(SCc2ccccc2)=N1. The Hall–Kier alpha value is -1.72. The molecule has 3 rings (SSSR count). The van der Waals surface area contributed by atoms with Crippen LogP contribution in [-0.4, -0.2) is 22.1 Å². The van der Waals surface area contributed by atoms with Crippen LogP contribution < -0.4 is 0 Å². The van der Waals surface area contributed by atoms with E-state index < -0.39 is 0 Å². The van der Waals surface area contributed by atoms with Crippen LogP contribution >= 0.6 is 23.5 Å². The van der Waals surface area contributed by atoms with Crippen LogP contribution in [0.25, 0.3) is 0 Å². The van der Waals surface area contributed by atoms with Gasteiger partial charge in [-0.2, -0.15) is 0 Å². The third kappa shape index (κ3) is 4.88. The fourth-order valence-electron chi connectivity index (χ4n) is 2.10. The zero-order chi connectivity index (χ0) is 15.9. The van der Waals surface area contributed by atoms with Crippen molar-refractivity contribution in [2.24, 2.45) is 4.99 Å². The molecule has 0 amide bonds. The number of aliphatic imine (C=N–C) groups is 1. The van der Waals surface area contributed by atoms with Crippen molar-refractivity contribution in [2.75, 3.05) is 5.75 Å². The molecule has 1 heterocycles. The van der Waals surface area contributed by atoms with E-state index in [9.17, 15) is 4.79 Å². The van der Waals surface area contributed by atoms with E-state index in [1.54, 1.807) is 23.5 Å². The minimum absolute atomic E-state index is 0.239. The Bertz CT molecular complexity index is 674. The Balaban J connectivity index is 1.47. The standard InChI is InChI=1S/C18H17NO2S2/c20-17(21-11-14-7-3-1-4-8-14)16-13-23-18(19-16)22-12-15-9-5-2-6-10-15/h1-10,16H,11-13H2/t16-/m0/s1. The Morgan fingerprint density at radius 1 is 1.09 bits per heavy atom. The maximum Gasteiger partial charge on any atom is 0.332 e. The van der Waals surface area contributed by atoms with Gasteiger partial charge in [0.05, 0.1) is 0 Å². The minimum atomic E-state index is -0.373. The van der Waals surface area contributed by atoms with Gasteiger partial charge in [-0.05, 0) is 11.1 Å². The van der Waals surface area contributed by atoms with E-state index >= 15 is 0 Å². The first-order chi connectivity index (χ1) is 11.3. The lowest BCUT2D eigenvalue weighted by molar-refractivity contribution is -0.145. The van der Waals surface area contributed by atoms with Crippen molar-refractivity contribution in [3.63, 3.8) is 0 Å². The molecule has 5 heteroatoms. The Labute approximate surface area is 144 Å². The average Bonchev–Trinajstić information content (AvgIpc) is 3.09. The van der Waals surface area contributed by atoms with Crippen molar-refractivity contribution in [1.82, 2.24) is 0 Å². The van der Waals surface area contributed by atoms with Crippen molar-refractivity contribution in [3.05, 3.63) is 71.8 Å². The molecule has 0 radical (unpaired) electrons. The zero-order valence-electron chi connectivity index (χ0n) is 12.6. The molecular formula is C18H17NO2S2. The predicted octanol–water partition coefficient (Wildman–Crippen LogP) is 4.13. The molecule has 1 aliphatic heterocycles. The Morgan fingerprint density at radius 2 is 1.74 bits per heavy atom. The summed E-state index contributed by atoms with van der Waals surface area (Å²) < 4.78 is 6.32. The first-order valence-electron chi connectivity index (χ1n) is 7.39. The Kier molecular flexibility index (Phi) is 5.77. The summed E-state index contributed by atoms with van der Waals surface area (Å²) in [5.74, 6) is 1.31. The number of carbonyl (C=O) groups excluding carboxylic acids is 1. The van der Waals surface area contributed by atoms with E-state index in [4.69, 9.17) is 4.74 Å². The van der Waals surface area contributed by atoms with Gasteiger partial charge >= 0.3 is 5.97 Å². The van der Waals surface area contributed by atoms with Gasteiger partial charge in [-0.15, -0.1) is 0 Å². The molecule has 0 fully saturated rings. The molecule has 23 heavy (non-hydrogen) atoms. The lowest BCUT2D eigenvalue weighted by atomic mass is 10.2. The topological polar surface area (TPSA) is 38.7 Å². The van der Waals surface area contributed by atoms with E-state index in [2.05, 4.69) is 17.1 Å². The summed E-state index contributed by atoms with van der Waals surface area (Å²) in [5, 5.41) is 0. The summed E-state index contributed by atoms with van der Waals surface area (Å²) in [7, 11) is 0. The highest BCUT2D eigenvalue weighted by atomic mass is 32.2. The van der Waals surface area contributed by atoms with Crippen LogP contribution in [0.5, 0.6) is 0 Å². The van der Waals surface area contributed by atoms with Crippen molar-refractivity contribution in [2.45, 2.75) is 18.4 Å². The molecule has 0 aromatic heterocycles. The molecule has 118 valence electrons. The van der Waals surface area contributed by atoms with Crippen LogP contribution in [0.3, 0.4) is 0 Å². The molecule has 0 saturated heterocycles. The second kappa shape index (κ2) is 8.22. The first kappa shape index (κ1) is 16.1. The maximum atomic E-state index is 12.1. The molecule has 1 aliphatic rings. The van der Waals surface area contributed by atoms with Crippen molar-refractivity contribution >= 4 is 33.9 Å². The number of hydrogen-bond donors (Lipinski definition) is 0. The van der Waals surface area contributed by atoms with Crippen LogP contribution in [0.15, 0.2) is 65.7 Å². The smallest absolute Gasteiger partial charge is 0.332 e. The molecule has 3 nitrogen and oxygen atoms in total. The van der Waals surface area contributed by atoms with Gasteiger partial charge in [0.2, 0.25) is 0 Å². The van der Waals surface area contributed by atoms with Crippen LogP contribution in [0.4, 0.5) is 0 Å². The van der Waals surface area contributed by atoms with Gasteiger partial charge in [0.15, 0.2) is 6.04 Å². The number of carbonyl (C=O) groups is 1. The average molecular weight is 343 g/mol. The van der Waals surface area contributed by atoms with E-state index in [-0.39, 0.29) is 12.0 Å². The van der Waals surface area contributed by atoms with Crippen LogP contribution in [0.1, 0.15) is 11.1 Å². The molecule has 1 atom stereocenters. The predicted molar refractivity (Wildman–Crippen MR) is 97.7 cm³/mol. The first-order valence-corrected chi connectivity index (χ1v) is 9.36. The van der Waals surface area contributed by atoms with Crippen LogP contribution in [-0.2, 0) is 21.9 Å². The molecule has 0 spiro atoms. The van der Waals surface area contributed by atoms with E-state index in [0.717, 1.165) is 15.7 Å². The van der Waals surface area contributed by atoms with E-state index in [0.29, 0.717) is 12.4 Å². The molecule has 0 N–H and O–H groups in total. The fourth-order valence-corrected chi connectivity index (χ4v) is 4.21. The zero-order valence-corrected chi connectivity index (χ0v) is 14.2. The second-order valence-corrected chi connectivity index (χ2v) is 7.32. The molecule has 0 bridgehead atoms. The summed E-state index contributed by atoms with van der Waals surface area (Å²) in [6.45, 7) is 0.308. The number of rotatable bonds is 5. The van der Waals surface area contributed by atoms with Gasteiger partial charge in [-0.3, -0.25) is 4.99 Å². The van der Waals surface area contributed by atoms with Gasteiger partial charge in [-0.1, -0.05) is 84.2 Å². The highest BCUT2D eigenvalue weighted by Gasteiger charge is 2.26. The van der Waals surface area contributed by atoms with Crippen LogP contribution in [0, 0.1) is 0 Å². The number of thioether (sulfide) groups is 2. The summed E-state index contributed by atoms with van der Waals surface area (Å²) in [6, 6.07) is 19.6. The lowest BCUT2D eigenvalue weighted by Crippen LogP contribution is -2.21. The van der Waals surface area contributed by atoms with E-state index in [1.165, 1.54) is 5.56 Å². The third-order valence-corrected chi connectivity index (χ3v) is 5.70. The highest BCUT2D eigenvalue weighted by Crippen LogP contribution is 2.29. The van der Waals surface area contributed by atoms with Crippen LogP contribution in [0.2, 0.25) is 0 Å². The third-order valence-electron chi connectivity index (χ3n) is 3.33. The second-order valence-electron chi connectivity index (χ2n) is 5.09. The quantitative estimate of drug-likeness (QED) is 0.765. The number of hydrogen-bond acceptors (Lipinski definition) is 5. The molecule has 2 aromatic carbocycles. The lowest BCUT2D eigenvalue weighted by Gasteiger charge is -2.07. The highest BCUT2D eigenvalue weighted by molar-refractivity contribution is 8.38. The monoisotopic (exact) mass is 343 g/mol. The van der Waals surface area contributed by atoms with Gasteiger partial charge in [0.1, 0.15) is 11.0 Å². The molecule has 0 saturated carbocycles. The van der Waals surface area contributed by atoms with Crippen molar-refractivity contribution in [1.29, 1.82) is 0 Å². The largest absolute Gasteiger partial charge is 0.459 e. The van der Waals surface area contributed by atoms with E-state index in [1.807, 2.05) is 48.5 Å². The van der Waals surface area contributed by atoms with Crippen molar-refractivity contribution < 1.29 is 9.53 Å². The number of esters is 1. The number of nitrogens with zero attached hydrogens (tertiary/aromatic N) is 1. The summed E-state index contributed by atoms with van der Waals surface area (Å²) in [5.41, 5.74) is 2.25. The van der Waals surface area contributed by atoms with Gasteiger partial charge < -0.3 is 4.74 Å². The maximum absolute atomic E-state index is 12.1. The summed E-state index contributed by atoms with van der Waals surface area (Å²) >= 11 is 3.31. The Morgan fingerprint density at radius 3 is 2.43 bits per heavy atom. The van der Waals surface area contributed by atoms with Gasteiger partial charge in [-0.25, -0.2) is 4.79 Å². The normalized spacial score (nSPS) is 16.9. The summed E-state index contributed by atoms with van der Waals surface area (Å²) in [6.07, 6.45) is 0. The molecule has 0 unspecified atom stereocenters. The number of benzene rings is 2. The fraction of sp³-hybridized carbons (Fsp3) is 0.222. The molecule has 0 aliphatic carbocycles. The van der Waals surface area contributed by atoms with Gasteiger partial charge in [0.25, 0.3) is 0 Å². The van der Waals surface area contributed by atoms with Gasteiger partial charge in [0, 0.05) is 11.5 Å². The van der Waals surface area contributed by atoms with Crippen molar-refractivity contribution in [3.8, 4) is 0 Å². The number of ether oxygens (including phenoxy) is 1.